The molecule has 0 aliphatic heterocycles. The molecule has 7 nitrogen and oxygen atoms in total. The number of methoxy groups -OCH3 is 1. The average Bonchev–Trinajstić information content (AvgIpc) is 2.32. The summed E-state index contributed by atoms with van der Waals surface area (Å²) in [5.74, 6) is -2.39. The van der Waals surface area contributed by atoms with Gasteiger partial charge in [0.1, 0.15) is 6.04 Å². The maximum absolute atomic E-state index is 11.6. The van der Waals surface area contributed by atoms with E-state index >= 15 is 0 Å². The molecule has 0 heterocycles. The summed E-state index contributed by atoms with van der Waals surface area (Å²) in [6.07, 6.45) is 1.57. The molecule has 0 fully saturated rings. The fraction of sp³-hybridized carbons (Fsp3) is 0.727. The fourth-order valence-corrected chi connectivity index (χ4v) is 1.36. The van der Waals surface area contributed by atoms with Crippen LogP contribution < -0.4 is 11.1 Å². The molecule has 4 N–H and O–H groups in total. The van der Waals surface area contributed by atoms with E-state index in [0.29, 0.717) is 6.42 Å². The van der Waals surface area contributed by atoms with Crippen LogP contribution in [-0.4, -0.2) is 42.1 Å². The summed E-state index contributed by atoms with van der Waals surface area (Å²) in [7, 11) is 1.23. The van der Waals surface area contributed by atoms with Gasteiger partial charge in [-0.2, -0.15) is 0 Å². The van der Waals surface area contributed by atoms with Gasteiger partial charge in [-0.15, -0.1) is 0 Å². The molecule has 2 atom stereocenters. The van der Waals surface area contributed by atoms with E-state index in [1.54, 1.807) is 0 Å². The van der Waals surface area contributed by atoms with Gasteiger partial charge in [-0.05, 0) is 6.42 Å². The highest BCUT2D eigenvalue weighted by molar-refractivity contribution is 5.89. The number of nitrogens with one attached hydrogen (secondary N) is 1. The molecular weight excluding hydrogens is 240 g/mol. The molecule has 0 saturated carbocycles. The first-order chi connectivity index (χ1) is 8.42. The molecule has 0 saturated heterocycles. The van der Waals surface area contributed by atoms with Gasteiger partial charge in [0.25, 0.3) is 0 Å². The van der Waals surface area contributed by atoms with Gasteiger partial charge in [0.05, 0.1) is 19.6 Å². The molecule has 0 aliphatic rings. The minimum absolute atomic E-state index is 0.439. The fourth-order valence-electron chi connectivity index (χ4n) is 1.36. The molecule has 0 rings (SSSR count). The molecule has 0 aromatic heterocycles. The highest BCUT2D eigenvalue weighted by atomic mass is 16.5. The lowest BCUT2D eigenvalue weighted by Crippen LogP contribution is -2.49. The molecule has 0 aromatic rings. The molecule has 18 heavy (non-hydrogen) atoms. The third-order valence-electron chi connectivity index (χ3n) is 2.38. The van der Waals surface area contributed by atoms with Crippen LogP contribution in [0.25, 0.3) is 0 Å². The summed E-state index contributed by atoms with van der Waals surface area (Å²) >= 11 is 0. The third-order valence-corrected chi connectivity index (χ3v) is 2.38. The zero-order chi connectivity index (χ0) is 14.1. The second-order valence-electron chi connectivity index (χ2n) is 3.93. The summed E-state index contributed by atoms with van der Waals surface area (Å²) < 4.78 is 4.56. The summed E-state index contributed by atoms with van der Waals surface area (Å²) in [6.45, 7) is 1.95. The lowest BCUT2D eigenvalue weighted by Gasteiger charge is -2.18. The van der Waals surface area contributed by atoms with Crippen LogP contribution in [0.15, 0.2) is 0 Å². The van der Waals surface area contributed by atoms with Crippen molar-refractivity contribution in [2.75, 3.05) is 7.11 Å². The minimum Gasteiger partial charge on any atom is -0.481 e. The Morgan fingerprint density at radius 2 is 2.00 bits per heavy atom. The zero-order valence-corrected chi connectivity index (χ0v) is 10.6. The van der Waals surface area contributed by atoms with Crippen molar-refractivity contribution in [3.8, 4) is 0 Å². The number of carbonyl (C=O) groups is 3. The van der Waals surface area contributed by atoms with E-state index < -0.39 is 36.4 Å². The van der Waals surface area contributed by atoms with Crippen LogP contribution in [0.5, 0.6) is 0 Å². The van der Waals surface area contributed by atoms with Crippen molar-refractivity contribution in [3.63, 3.8) is 0 Å². The second-order valence-corrected chi connectivity index (χ2v) is 3.93. The number of rotatable bonds is 8. The Labute approximate surface area is 106 Å². The minimum atomic E-state index is -1.17. The normalized spacial score (nSPS) is 13.5. The monoisotopic (exact) mass is 260 g/mol. The van der Waals surface area contributed by atoms with Crippen molar-refractivity contribution in [1.29, 1.82) is 0 Å². The van der Waals surface area contributed by atoms with Gasteiger partial charge in [0.15, 0.2) is 0 Å². The molecule has 104 valence electrons. The number of amides is 1. The maximum Gasteiger partial charge on any atom is 0.328 e. The van der Waals surface area contributed by atoms with E-state index in [0.717, 1.165) is 12.8 Å². The van der Waals surface area contributed by atoms with Crippen LogP contribution in [0, 0.1) is 0 Å². The molecule has 0 aromatic carbocycles. The number of hydrogen-bond donors (Lipinski definition) is 3. The molecule has 1 amide bonds. The number of carboxylic acids is 1. The Kier molecular flexibility index (Phi) is 7.69. The van der Waals surface area contributed by atoms with Gasteiger partial charge >= 0.3 is 11.9 Å². The second kappa shape index (κ2) is 8.46. The van der Waals surface area contributed by atoms with Crippen molar-refractivity contribution in [2.24, 2.45) is 5.73 Å². The highest BCUT2D eigenvalue weighted by Gasteiger charge is 2.24. The first-order valence-electron chi connectivity index (χ1n) is 5.77. The maximum atomic E-state index is 11.6. The molecule has 0 bridgehead atoms. The quantitative estimate of drug-likeness (QED) is 0.513. The van der Waals surface area contributed by atoms with E-state index in [-0.39, 0.29) is 0 Å². The first kappa shape index (κ1) is 16.4. The topological polar surface area (TPSA) is 119 Å². The van der Waals surface area contributed by atoms with Crippen LogP contribution in [0.2, 0.25) is 0 Å². The smallest absolute Gasteiger partial charge is 0.328 e. The number of unbranched alkanes of at least 4 members (excludes halogenated alkanes) is 1. The highest BCUT2D eigenvalue weighted by Crippen LogP contribution is 2.03. The van der Waals surface area contributed by atoms with Gasteiger partial charge in [-0.25, -0.2) is 4.79 Å². The molecule has 0 radical (unpaired) electrons. The van der Waals surface area contributed by atoms with Crippen LogP contribution in [0.4, 0.5) is 0 Å². The van der Waals surface area contributed by atoms with E-state index in [2.05, 4.69) is 10.1 Å². The Morgan fingerprint density at radius 1 is 1.39 bits per heavy atom. The van der Waals surface area contributed by atoms with E-state index in [9.17, 15) is 14.4 Å². The summed E-state index contributed by atoms with van der Waals surface area (Å²) in [6, 6.07) is -1.95. The summed E-state index contributed by atoms with van der Waals surface area (Å²) in [5, 5.41) is 10.9. The standard InChI is InChI=1S/C11H20N2O5/c1-3-4-5-8(11(17)18-2)13-10(16)7(12)6-9(14)15/h7-8H,3-6,12H2,1-2H3,(H,13,16)(H,14,15)/t7-,8-/m0/s1. The Balaban J connectivity index is 4.42. The summed E-state index contributed by atoms with van der Waals surface area (Å²) in [5.41, 5.74) is 5.39. The molecule has 0 spiro atoms. The number of carboxylic acid groups (broad SMARTS) is 1. The Hall–Kier alpha value is -1.63. The molecule has 0 unspecified atom stereocenters. The third kappa shape index (κ3) is 6.19. The van der Waals surface area contributed by atoms with Gasteiger partial charge in [-0.3, -0.25) is 9.59 Å². The zero-order valence-electron chi connectivity index (χ0n) is 10.6. The van der Waals surface area contributed by atoms with Crippen LogP contribution in [0.3, 0.4) is 0 Å². The predicted octanol–water partition coefficient (Wildman–Crippen LogP) is -0.364. The van der Waals surface area contributed by atoms with Crippen molar-refractivity contribution in [3.05, 3.63) is 0 Å². The van der Waals surface area contributed by atoms with Gasteiger partial charge in [0.2, 0.25) is 5.91 Å². The number of aliphatic carboxylic acids is 1. The first-order valence-corrected chi connectivity index (χ1v) is 5.77. The van der Waals surface area contributed by atoms with E-state index in [1.165, 1.54) is 7.11 Å². The van der Waals surface area contributed by atoms with Crippen molar-refractivity contribution < 1.29 is 24.2 Å². The van der Waals surface area contributed by atoms with Crippen molar-refractivity contribution in [1.82, 2.24) is 5.32 Å². The van der Waals surface area contributed by atoms with Crippen LogP contribution in [-0.2, 0) is 19.1 Å². The van der Waals surface area contributed by atoms with Gasteiger partial charge in [0, 0.05) is 0 Å². The number of esters is 1. The van der Waals surface area contributed by atoms with E-state index in [1.807, 2.05) is 6.92 Å². The Morgan fingerprint density at radius 3 is 2.44 bits per heavy atom. The number of carbonyl (C=O) groups excluding carboxylic acids is 2. The SMILES string of the molecule is CCCC[C@H](NC(=O)[C@@H](N)CC(=O)O)C(=O)OC. The number of hydrogen-bond acceptors (Lipinski definition) is 5. The average molecular weight is 260 g/mol. The Bertz CT molecular complexity index is 306. The number of ether oxygens (including phenoxy) is 1. The van der Waals surface area contributed by atoms with E-state index in [4.69, 9.17) is 10.8 Å². The number of nitrogens with two attached hydrogens (primary N) is 1. The summed E-state index contributed by atoms with van der Waals surface area (Å²) in [4.78, 5) is 33.4. The lowest BCUT2D eigenvalue weighted by molar-refractivity contribution is -0.145. The van der Waals surface area contributed by atoms with Gasteiger partial charge < -0.3 is 20.9 Å². The van der Waals surface area contributed by atoms with Crippen molar-refractivity contribution >= 4 is 17.8 Å². The van der Waals surface area contributed by atoms with Crippen LogP contribution >= 0.6 is 0 Å². The predicted molar refractivity (Wildman–Crippen MR) is 63.7 cm³/mol. The molecule has 7 heteroatoms. The van der Waals surface area contributed by atoms with Crippen LogP contribution in [0.1, 0.15) is 32.6 Å². The lowest BCUT2D eigenvalue weighted by atomic mass is 10.1. The van der Waals surface area contributed by atoms with Crippen molar-refractivity contribution in [2.45, 2.75) is 44.7 Å². The largest absolute Gasteiger partial charge is 0.481 e. The molecule has 0 aliphatic carbocycles. The van der Waals surface area contributed by atoms with Gasteiger partial charge in [-0.1, -0.05) is 19.8 Å². The molecular formula is C11H20N2O5.